The number of hydrogen-bond acceptors (Lipinski definition) is 3. The van der Waals surface area contributed by atoms with Crippen molar-refractivity contribution in [1.29, 1.82) is 0 Å². The van der Waals surface area contributed by atoms with Crippen molar-refractivity contribution in [1.82, 2.24) is 5.32 Å². The summed E-state index contributed by atoms with van der Waals surface area (Å²) in [7, 11) is 0. The van der Waals surface area contributed by atoms with Crippen molar-refractivity contribution in [2.75, 3.05) is 0 Å². The van der Waals surface area contributed by atoms with Crippen LogP contribution < -0.4 is 11.1 Å². The Morgan fingerprint density at radius 3 is 2.42 bits per heavy atom. The topological polar surface area (TPSA) is 81.4 Å². The third-order valence-electron chi connectivity index (χ3n) is 2.56. The monoisotopic (exact) mass is 264 g/mol. The minimum absolute atomic E-state index is 0.167. The van der Waals surface area contributed by atoms with E-state index in [1.54, 1.807) is 0 Å². The van der Waals surface area contributed by atoms with Crippen molar-refractivity contribution in [3.05, 3.63) is 35.9 Å². The fourth-order valence-electron chi connectivity index (χ4n) is 1.62. The largest absolute Gasteiger partial charge is 0.445 e. The summed E-state index contributed by atoms with van der Waals surface area (Å²) >= 11 is 0. The van der Waals surface area contributed by atoms with Crippen molar-refractivity contribution >= 4 is 12.0 Å². The van der Waals surface area contributed by atoms with Gasteiger partial charge in [-0.25, -0.2) is 4.79 Å². The van der Waals surface area contributed by atoms with E-state index < -0.39 is 18.0 Å². The van der Waals surface area contributed by atoms with Gasteiger partial charge in [0.05, 0.1) is 0 Å². The van der Waals surface area contributed by atoms with E-state index in [0.717, 1.165) is 5.56 Å². The molecule has 0 spiro atoms. The number of hydrogen-bond donors (Lipinski definition) is 2. The van der Waals surface area contributed by atoms with E-state index >= 15 is 0 Å². The Hall–Kier alpha value is -2.04. The summed E-state index contributed by atoms with van der Waals surface area (Å²) in [6, 6.07) is 8.63. The number of carbonyl (C=O) groups is 2. The molecule has 0 bridgehead atoms. The lowest BCUT2D eigenvalue weighted by atomic mass is 10.0. The smallest absolute Gasteiger partial charge is 0.408 e. The summed E-state index contributed by atoms with van der Waals surface area (Å²) in [4.78, 5) is 22.8. The van der Waals surface area contributed by atoms with Gasteiger partial charge in [-0.05, 0) is 17.9 Å². The molecule has 5 nitrogen and oxygen atoms in total. The molecule has 0 fully saturated rings. The molecule has 0 aliphatic carbocycles. The zero-order valence-electron chi connectivity index (χ0n) is 11.3. The third kappa shape index (κ3) is 5.90. The standard InChI is InChI=1S/C14H20N2O3/c1-10(2)8-12(13(15)17)16-14(18)19-9-11-6-4-3-5-7-11/h3-7,10,12H,8-9H2,1-2H3,(H2,15,17)(H,16,18)/t12-/m0/s1. The van der Waals surface area contributed by atoms with Crippen LogP contribution in [0.5, 0.6) is 0 Å². The van der Waals surface area contributed by atoms with E-state index in [1.165, 1.54) is 0 Å². The Balaban J connectivity index is 2.42. The van der Waals surface area contributed by atoms with Gasteiger partial charge in [0.25, 0.3) is 0 Å². The first-order chi connectivity index (χ1) is 8.99. The number of benzene rings is 1. The molecule has 104 valence electrons. The van der Waals surface area contributed by atoms with Gasteiger partial charge in [-0.1, -0.05) is 44.2 Å². The summed E-state index contributed by atoms with van der Waals surface area (Å²) in [6.45, 7) is 4.07. The molecule has 0 saturated heterocycles. The number of amides is 2. The van der Waals surface area contributed by atoms with Crippen molar-refractivity contribution in [2.24, 2.45) is 11.7 Å². The van der Waals surface area contributed by atoms with Gasteiger partial charge in [0.15, 0.2) is 0 Å². The second-order valence-corrected chi connectivity index (χ2v) is 4.79. The molecule has 0 aliphatic rings. The molecule has 0 unspecified atom stereocenters. The highest BCUT2D eigenvalue weighted by Gasteiger charge is 2.19. The Labute approximate surface area is 113 Å². The third-order valence-corrected chi connectivity index (χ3v) is 2.56. The first-order valence-corrected chi connectivity index (χ1v) is 6.25. The average Bonchev–Trinajstić information content (AvgIpc) is 2.36. The number of nitrogens with one attached hydrogen (secondary N) is 1. The molecular formula is C14H20N2O3. The molecule has 0 aliphatic heterocycles. The SMILES string of the molecule is CC(C)C[C@H](NC(=O)OCc1ccccc1)C(N)=O. The van der Waals surface area contributed by atoms with E-state index in [-0.39, 0.29) is 12.5 Å². The predicted molar refractivity (Wildman–Crippen MR) is 72.2 cm³/mol. The zero-order chi connectivity index (χ0) is 14.3. The fraction of sp³-hybridized carbons (Fsp3) is 0.429. The van der Waals surface area contributed by atoms with E-state index in [0.29, 0.717) is 6.42 Å². The number of ether oxygens (including phenoxy) is 1. The van der Waals surface area contributed by atoms with Crippen LogP contribution in [0.25, 0.3) is 0 Å². The average molecular weight is 264 g/mol. The van der Waals surface area contributed by atoms with Crippen LogP contribution in [0.15, 0.2) is 30.3 Å². The molecule has 0 radical (unpaired) electrons. The molecule has 0 heterocycles. The van der Waals surface area contributed by atoms with Crippen molar-refractivity contribution in [3.8, 4) is 0 Å². The highest BCUT2D eigenvalue weighted by molar-refractivity contribution is 5.84. The summed E-state index contributed by atoms with van der Waals surface area (Å²) < 4.78 is 5.03. The molecule has 0 saturated carbocycles. The van der Waals surface area contributed by atoms with Crippen LogP contribution in [0.2, 0.25) is 0 Å². The summed E-state index contributed by atoms with van der Waals surface area (Å²) in [5.41, 5.74) is 6.12. The van der Waals surface area contributed by atoms with Crippen LogP contribution in [-0.2, 0) is 16.1 Å². The van der Waals surface area contributed by atoms with Crippen molar-refractivity contribution in [3.63, 3.8) is 0 Å². The number of nitrogens with two attached hydrogens (primary N) is 1. The van der Waals surface area contributed by atoms with Crippen molar-refractivity contribution < 1.29 is 14.3 Å². The molecule has 3 N–H and O–H groups in total. The van der Waals surface area contributed by atoms with Crippen molar-refractivity contribution in [2.45, 2.75) is 32.9 Å². The lowest BCUT2D eigenvalue weighted by molar-refractivity contribution is -0.120. The maximum absolute atomic E-state index is 11.6. The first-order valence-electron chi connectivity index (χ1n) is 6.25. The van der Waals surface area contributed by atoms with Crippen LogP contribution in [0.4, 0.5) is 4.79 Å². The highest BCUT2D eigenvalue weighted by atomic mass is 16.5. The number of carbonyl (C=O) groups excluding carboxylic acids is 2. The second kappa shape index (κ2) is 7.41. The molecule has 5 heteroatoms. The first kappa shape index (κ1) is 15.0. The van der Waals surface area contributed by atoms with Gasteiger partial charge in [-0.2, -0.15) is 0 Å². The summed E-state index contributed by atoms with van der Waals surface area (Å²) in [5.74, 6) is -0.294. The molecular weight excluding hydrogens is 244 g/mol. The van der Waals surface area contributed by atoms with Crippen LogP contribution in [0.1, 0.15) is 25.8 Å². The number of rotatable bonds is 6. The van der Waals surface area contributed by atoms with Crippen LogP contribution in [0, 0.1) is 5.92 Å². The van der Waals surface area contributed by atoms with Gasteiger partial charge in [0, 0.05) is 0 Å². The Bertz CT molecular complexity index is 418. The number of alkyl carbamates (subject to hydrolysis) is 1. The number of primary amides is 1. The molecule has 1 rings (SSSR count). The second-order valence-electron chi connectivity index (χ2n) is 4.79. The van der Waals surface area contributed by atoms with Gasteiger partial charge in [0.1, 0.15) is 12.6 Å². The highest BCUT2D eigenvalue weighted by Crippen LogP contribution is 2.05. The molecule has 0 aromatic heterocycles. The van der Waals surface area contributed by atoms with Crippen LogP contribution >= 0.6 is 0 Å². The predicted octanol–water partition coefficient (Wildman–Crippen LogP) is 1.81. The fourth-order valence-corrected chi connectivity index (χ4v) is 1.62. The Kier molecular flexibility index (Phi) is 5.85. The lowest BCUT2D eigenvalue weighted by Crippen LogP contribution is -2.45. The molecule has 1 aromatic rings. The van der Waals surface area contributed by atoms with Gasteiger partial charge in [-0.15, -0.1) is 0 Å². The van der Waals surface area contributed by atoms with Gasteiger partial charge in [-0.3, -0.25) is 4.79 Å². The minimum atomic E-state index is -0.691. The normalized spacial score (nSPS) is 11.9. The minimum Gasteiger partial charge on any atom is -0.445 e. The molecule has 19 heavy (non-hydrogen) atoms. The van der Waals surface area contributed by atoms with Crippen LogP contribution in [0.3, 0.4) is 0 Å². The van der Waals surface area contributed by atoms with E-state index in [2.05, 4.69) is 5.32 Å². The summed E-state index contributed by atoms with van der Waals surface area (Å²) in [5, 5.41) is 2.48. The van der Waals surface area contributed by atoms with Gasteiger partial charge < -0.3 is 15.8 Å². The molecule has 1 atom stereocenters. The van der Waals surface area contributed by atoms with Crippen LogP contribution in [-0.4, -0.2) is 18.0 Å². The Morgan fingerprint density at radius 1 is 1.26 bits per heavy atom. The maximum Gasteiger partial charge on any atom is 0.408 e. The quantitative estimate of drug-likeness (QED) is 0.822. The van der Waals surface area contributed by atoms with Gasteiger partial charge in [0.2, 0.25) is 5.91 Å². The zero-order valence-corrected chi connectivity index (χ0v) is 11.3. The van der Waals surface area contributed by atoms with E-state index in [4.69, 9.17) is 10.5 Å². The van der Waals surface area contributed by atoms with E-state index in [1.807, 2.05) is 44.2 Å². The van der Waals surface area contributed by atoms with E-state index in [9.17, 15) is 9.59 Å². The molecule has 2 amide bonds. The Morgan fingerprint density at radius 2 is 1.89 bits per heavy atom. The molecule has 1 aromatic carbocycles. The summed E-state index contributed by atoms with van der Waals surface area (Å²) in [6.07, 6.45) is -0.135. The van der Waals surface area contributed by atoms with Gasteiger partial charge >= 0.3 is 6.09 Å². The maximum atomic E-state index is 11.6. The lowest BCUT2D eigenvalue weighted by Gasteiger charge is -2.17.